The first kappa shape index (κ1) is 14.5. The Bertz CT molecular complexity index is 603. The molecule has 1 fully saturated rings. The van der Waals surface area contributed by atoms with Gasteiger partial charge in [-0.25, -0.2) is 4.98 Å². The summed E-state index contributed by atoms with van der Waals surface area (Å²) in [6.45, 7) is 4.42. The van der Waals surface area contributed by atoms with Crippen LogP contribution in [-0.2, 0) is 6.42 Å². The third-order valence-corrected chi connectivity index (χ3v) is 5.40. The zero-order valence-corrected chi connectivity index (χ0v) is 13.5. The summed E-state index contributed by atoms with van der Waals surface area (Å²) < 4.78 is 5.29. The van der Waals surface area contributed by atoms with Crippen LogP contribution in [0.5, 0.6) is 5.75 Å². The molecule has 0 bridgehead atoms. The molecule has 0 aliphatic carbocycles. The molecule has 1 N–H and O–H groups in total. The summed E-state index contributed by atoms with van der Waals surface area (Å²) >= 11 is 1.89. The lowest BCUT2D eigenvalue weighted by molar-refractivity contribution is 0.414. The molecule has 2 aromatic rings. The Morgan fingerprint density at radius 3 is 2.90 bits per heavy atom. The van der Waals surface area contributed by atoms with E-state index < -0.39 is 0 Å². The van der Waals surface area contributed by atoms with Gasteiger partial charge in [0.05, 0.1) is 17.8 Å². The van der Waals surface area contributed by atoms with Crippen LogP contribution in [0.15, 0.2) is 24.3 Å². The molecule has 1 aromatic heterocycles. The number of piperidine rings is 1. The van der Waals surface area contributed by atoms with E-state index in [0.29, 0.717) is 5.92 Å². The maximum atomic E-state index is 5.29. The van der Waals surface area contributed by atoms with Gasteiger partial charge in [-0.05, 0) is 56.5 Å². The first-order valence-electron chi connectivity index (χ1n) is 7.56. The molecule has 1 aromatic carbocycles. The van der Waals surface area contributed by atoms with Crippen molar-refractivity contribution < 1.29 is 4.74 Å². The summed E-state index contributed by atoms with van der Waals surface area (Å²) in [6, 6.07) is 8.27. The van der Waals surface area contributed by atoms with Gasteiger partial charge in [0.15, 0.2) is 0 Å². The molecule has 1 saturated heterocycles. The Kier molecular flexibility index (Phi) is 4.56. The molecule has 2 heterocycles. The smallest absolute Gasteiger partial charge is 0.119 e. The quantitative estimate of drug-likeness (QED) is 0.938. The molecule has 0 amide bonds. The lowest BCUT2D eigenvalue weighted by atomic mass is 9.96. The zero-order valence-electron chi connectivity index (χ0n) is 12.7. The normalized spacial score (nSPS) is 16.1. The van der Waals surface area contributed by atoms with Crippen molar-refractivity contribution in [3.63, 3.8) is 0 Å². The van der Waals surface area contributed by atoms with Gasteiger partial charge in [-0.1, -0.05) is 12.1 Å². The molecule has 0 unspecified atom stereocenters. The molecule has 3 nitrogen and oxygen atoms in total. The second-order valence-corrected chi connectivity index (χ2v) is 6.73. The molecule has 21 heavy (non-hydrogen) atoms. The van der Waals surface area contributed by atoms with Gasteiger partial charge in [-0.2, -0.15) is 0 Å². The SMILES string of the molecule is COc1cccc(Cc2nc(C)c(C3CCNCC3)s2)c1. The topological polar surface area (TPSA) is 34.1 Å². The molecule has 0 atom stereocenters. The van der Waals surface area contributed by atoms with E-state index in [0.717, 1.165) is 25.3 Å². The van der Waals surface area contributed by atoms with E-state index in [-0.39, 0.29) is 0 Å². The number of nitrogens with zero attached hydrogens (tertiary/aromatic N) is 1. The highest BCUT2D eigenvalue weighted by Crippen LogP contribution is 2.33. The molecule has 0 saturated carbocycles. The maximum absolute atomic E-state index is 5.29. The van der Waals surface area contributed by atoms with Crippen LogP contribution in [0.3, 0.4) is 0 Å². The highest BCUT2D eigenvalue weighted by atomic mass is 32.1. The molecule has 0 spiro atoms. The summed E-state index contributed by atoms with van der Waals surface area (Å²) in [5, 5.41) is 4.65. The van der Waals surface area contributed by atoms with E-state index in [1.54, 1.807) is 7.11 Å². The predicted octanol–water partition coefficient (Wildman–Crippen LogP) is 3.52. The van der Waals surface area contributed by atoms with Crippen molar-refractivity contribution in [3.8, 4) is 5.75 Å². The van der Waals surface area contributed by atoms with E-state index in [1.807, 2.05) is 23.5 Å². The Hall–Kier alpha value is -1.39. The number of nitrogens with one attached hydrogen (secondary N) is 1. The van der Waals surface area contributed by atoms with Crippen molar-refractivity contribution in [1.82, 2.24) is 10.3 Å². The van der Waals surface area contributed by atoms with Crippen LogP contribution < -0.4 is 10.1 Å². The molecule has 3 rings (SSSR count). The molecule has 0 radical (unpaired) electrons. The summed E-state index contributed by atoms with van der Waals surface area (Å²) in [4.78, 5) is 6.29. The van der Waals surface area contributed by atoms with Gasteiger partial charge in [0, 0.05) is 11.3 Å². The monoisotopic (exact) mass is 302 g/mol. The number of aromatic nitrogens is 1. The molecular weight excluding hydrogens is 280 g/mol. The third kappa shape index (κ3) is 3.44. The van der Waals surface area contributed by atoms with Crippen LogP contribution in [0.1, 0.15) is 39.9 Å². The average Bonchev–Trinajstić information content (AvgIpc) is 2.89. The van der Waals surface area contributed by atoms with E-state index >= 15 is 0 Å². The van der Waals surface area contributed by atoms with Crippen molar-refractivity contribution >= 4 is 11.3 Å². The third-order valence-electron chi connectivity index (χ3n) is 4.08. The fourth-order valence-corrected chi connectivity index (χ4v) is 4.23. The number of hydrogen-bond acceptors (Lipinski definition) is 4. The van der Waals surface area contributed by atoms with Crippen molar-refractivity contribution in [2.45, 2.75) is 32.1 Å². The van der Waals surface area contributed by atoms with Crippen LogP contribution in [0.2, 0.25) is 0 Å². The zero-order chi connectivity index (χ0) is 14.7. The first-order valence-corrected chi connectivity index (χ1v) is 8.38. The summed E-state index contributed by atoms with van der Waals surface area (Å²) in [7, 11) is 1.71. The van der Waals surface area contributed by atoms with E-state index in [2.05, 4.69) is 24.4 Å². The molecule has 112 valence electrons. The van der Waals surface area contributed by atoms with Gasteiger partial charge in [-0.3, -0.25) is 0 Å². The highest BCUT2D eigenvalue weighted by molar-refractivity contribution is 7.11. The Labute approximate surface area is 130 Å². The Morgan fingerprint density at radius 1 is 1.33 bits per heavy atom. The van der Waals surface area contributed by atoms with Crippen LogP contribution in [0.4, 0.5) is 0 Å². The van der Waals surface area contributed by atoms with Crippen molar-refractivity contribution in [2.75, 3.05) is 20.2 Å². The van der Waals surface area contributed by atoms with Crippen molar-refractivity contribution in [1.29, 1.82) is 0 Å². The number of hydrogen-bond donors (Lipinski definition) is 1. The summed E-state index contributed by atoms with van der Waals surface area (Å²) in [6.07, 6.45) is 3.37. The molecule has 4 heteroatoms. The highest BCUT2D eigenvalue weighted by Gasteiger charge is 2.20. The number of benzene rings is 1. The Balaban J connectivity index is 1.76. The number of thiazole rings is 1. The van der Waals surface area contributed by atoms with Crippen LogP contribution in [-0.4, -0.2) is 25.2 Å². The van der Waals surface area contributed by atoms with Gasteiger partial charge >= 0.3 is 0 Å². The fraction of sp³-hybridized carbons (Fsp3) is 0.471. The second kappa shape index (κ2) is 6.58. The fourth-order valence-electron chi connectivity index (χ4n) is 2.96. The van der Waals surface area contributed by atoms with E-state index in [4.69, 9.17) is 9.72 Å². The predicted molar refractivity (Wildman–Crippen MR) is 87.5 cm³/mol. The van der Waals surface area contributed by atoms with Crippen LogP contribution in [0, 0.1) is 6.92 Å². The van der Waals surface area contributed by atoms with Crippen LogP contribution in [0.25, 0.3) is 0 Å². The average molecular weight is 302 g/mol. The van der Waals surface area contributed by atoms with E-state index in [1.165, 1.54) is 34.0 Å². The molecule has 1 aliphatic rings. The minimum atomic E-state index is 0.697. The number of methoxy groups -OCH3 is 1. The van der Waals surface area contributed by atoms with Crippen molar-refractivity contribution in [3.05, 3.63) is 45.4 Å². The minimum Gasteiger partial charge on any atom is -0.497 e. The molecular formula is C17H22N2OS. The standard InChI is InChI=1S/C17H22N2OS/c1-12-17(14-6-8-18-9-7-14)21-16(19-12)11-13-4-3-5-15(10-13)20-2/h3-5,10,14,18H,6-9,11H2,1-2H3. The maximum Gasteiger partial charge on any atom is 0.119 e. The summed E-state index contributed by atoms with van der Waals surface area (Å²) in [5.74, 6) is 1.61. The van der Waals surface area contributed by atoms with Gasteiger partial charge in [0.1, 0.15) is 5.75 Å². The Morgan fingerprint density at radius 2 is 2.14 bits per heavy atom. The van der Waals surface area contributed by atoms with Gasteiger partial charge in [-0.15, -0.1) is 11.3 Å². The largest absolute Gasteiger partial charge is 0.497 e. The van der Waals surface area contributed by atoms with Crippen LogP contribution >= 0.6 is 11.3 Å². The minimum absolute atomic E-state index is 0.697. The number of ether oxygens (including phenoxy) is 1. The van der Waals surface area contributed by atoms with Gasteiger partial charge in [0.25, 0.3) is 0 Å². The lowest BCUT2D eigenvalue weighted by Gasteiger charge is -2.21. The van der Waals surface area contributed by atoms with Gasteiger partial charge < -0.3 is 10.1 Å². The first-order chi connectivity index (χ1) is 10.3. The van der Waals surface area contributed by atoms with Gasteiger partial charge in [0.2, 0.25) is 0 Å². The number of aryl methyl sites for hydroxylation is 1. The number of rotatable bonds is 4. The molecule has 1 aliphatic heterocycles. The van der Waals surface area contributed by atoms with E-state index in [9.17, 15) is 0 Å². The van der Waals surface area contributed by atoms with Crippen molar-refractivity contribution in [2.24, 2.45) is 0 Å². The lowest BCUT2D eigenvalue weighted by Crippen LogP contribution is -2.26. The second-order valence-electron chi connectivity index (χ2n) is 5.61. The summed E-state index contributed by atoms with van der Waals surface area (Å²) in [5.41, 5.74) is 2.49.